The Morgan fingerprint density at radius 3 is 2.94 bits per heavy atom. The minimum atomic E-state index is -0.938. The molecular formula is C11H16N2O2S. The summed E-state index contributed by atoms with van der Waals surface area (Å²) < 4.78 is 0. The van der Waals surface area contributed by atoms with E-state index < -0.39 is 5.97 Å². The molecule has 0 bridgehead atoms. The molecule has 5 heteroatoms. The van der Waals surface area contributed by atoms with Gasteiger partial charge in [0, 0.05) is 12.7 Å². The van der Waals surface area contributed by atoms with Gasteiger partial charge in [-0.05, 0) is 37.1 Å². The number of nitrogens with one attached hydrogen (secondary N) is 1. The van der Waals surface area contributed by atoms with Crippen molar-refractivity contribution in [2.75, 3.05) is 18.6 Å². The van der Waals surface area contributed by atoms with E-state index in [1.165, 1.54) is 6.20 Å². The van der Waals surface area contributed by atoms with Crippen LogP contribution >= 0.6 is 11.8 Å². The van der Waals surface area contributed by atoms with E-state index in [0.29, 0.717) is 6.54 Å². The van der Waals surface area contributed by atoms with Crippen LogP contribution in [0.2, 0.25) is 0 Å². The van der Waals surface area contributed by atoms with Crippen LogP contribution < -0.4 is 5.32 Å². The van der Waals surface area contributed by atoms with Crippen molar-refractivity contribution in [2.45, 2.75) is 13.0 Å². The number of hydrogen-bond donors (Lipinski definition) is 2. The largest absolute Gasteiger partial charge is 0.478 e. The third-order valence-corrected chi connectivity index (χ3v) is 2.78. The molecule has 0 aromatic carbocycles. The van der Waals surface area contributed by atoms with E-state index in [1.54, 1.807) is 12.1 Å². The zero-order chi connectivity index (χ0) is 11.8. The summed E-state index contributed by atoms with van der Waals surface area (Å²) in [5, 5.41) is 12.0. The third-order valence-electron chi connectivity index (χ3n) is 2.08. The minimum Gasteiger partial charge on any atom is -0.478 e. The summed E-state index contributed by atoms with van der Waals surface area (Å²) in [6.45, 7) is 1.65. The van der Waals surface area contributed by atoms with Crippen LogP contribution in [0.1, 0.15) is 22.5 Å². The molecule has 16 heavy (non-hydrogen) atoms. The van der Waals surface area contributed by atoms with E-state index in [9.17, 15) is 4.79 Å². The van der Waals surface area contributed by atoms with Crippen molar-refractivity contribution in [3.8, 4) is 0 Å². The standard InChI is InChI=1S/C11H16N2O2S/c1-16-6-2-5-12-8-10-4-3-9(7-13-10)11(14)15/h3-4,7,12H,2,5-6,8H2,1H3,(H,14,15). The Morgan fingerprint density at radius 1 is 1.56 bits per heavy atom. The molecule has 0 aliphatic rings. The maximum atomic E-state index is 10.6. The van der Waals surface area contributed by atoms with Crippen LogP contribution in [-0.2, 0) is 6.54 Å². The van der Waals surface area contributed by atoms with Gasteiger partial charge in [-0.1, -0.05) is 0 Å². The summed E-state index contributed by atoms with van der Waals surface area (Å²) >= 11 is 1.83. The summed E-state index contributed by atoms with van der Waals surface area (Å²) in [7, 11) is 0. The van der Waals surface area contributed by atoms with Gasteiger partial charge in [-0.15, -0.1) is 0 Å². The van der Waals surface area contributed by atoms with Crippen molar-refractivity contribution in [3.05, 3.63) is 29.6 Å². The normalized spacial score (nSPS) is 10.3. The lowest BCUT2D eigenvalue weighted by atomic mass is 10.2. The molecule has 0 saturated carbocycles. The van der Waals surface area contributed by atoms with Gasteiger partial charge in [-0.3, -0.25) is 4.98 Å². The molecule has 0 atom stereocenters. The van der Waals surface area contributed by atoms with E-state index in [-0.39, 0.29) is 5.56 Å². The fraction of sp³-hybridized carbons (Fsp3) is 0.455. The van der Waals surface area contributed by atoms with E-state index >= 15 is 0 Å². The number of thioether (sulfide) groups is 1. The number of hydrogen-bond acceptors (Lipinski definition) is 4. The van der Waals surface area contributed by atoms with Gasteiger partial charge in [0.1, 0.15) is 0 Å². The van der Waals surface area contributed by atoms with Crippen molar-refractivity contribution in [1.29, 1.82) is 0 Å². The molecule has 1 heterocycles. The summed E-state index contributed by atoms with van der Waals surface area (Å²) in [4.78, 5) is 14.7. The number of carboxylic acid groups (broad SMARTS) is 1. The number of pyridine rings is 1. The third kappa shape index (κ3) is 4.63. The Bertz CT molecular complexity index is 327. The second-order valence-corrected chi connectivity index (χ2v) is 4.35. The van der Waals surface area contributed by atoms with Crippen molar-refractivity contribution in [2.24, 2.45) is 0 Å². The van der Waals surface area contributed by atoms with Gasteiger partial charge in [-0.25, -0.2) is 4.79 Å². The minimum absolute atomic E-state index is 0.228. The van der Waals surface area contributed by atoms with Gasteiger partial charge in [0.05, 0.1) is 11.3 Å². The number of carbonyl (C=O) groups is 1. The molecule has 1 aromatic heterocycles. The van der Waals surface area contributed by atoms with Crippen LogP contribution in [0.3, 0.4) is 0 Å². The van der Waals surface area contributed by atoms with E-state index in [0.717, 1.165) is 24.4 Å². The van der Waals surface area contributed by atoms with Crippen LogP contribution in [0, 0.1) is 0 Å². The lowest BCUT2D eigenvalue weighted by molar-refractivity contribution is 0.0696. The molecule has 0 spiro atoms. The first-order valence-corrected chi connectivity index (χ1v) is 6.51. The zero-order valence-corrected chi connectivity index (χ0v) is 10.1. The second-order valence-electron chi connectivity index (χ2n) is 3.37. The Kier molecular flexibility index (Phi) is 5.88. The molecule has 88 valence electrons. The molecule has 2 N–H and O–H groups in total. The van der Waals surface area contributed by atoms with Crippen molar-refractivity contribution >= 4 is 17.7 Å². The molecule has 1 aromatic rings. The Labute approximate surface area is 99.5 Å². The fourth-order valence-electron chi connectivity index (χ4n) is 1.21. The second kappa shape index (κ2) is 7.24. The lowest BCUT2D eigenvalue weighted by Crippen LogP contribution is -2.16. The van der Waals surface area contributed by atoms with Gasteiger partial charge < -0.3 is 10.4 Å². The molecule has 0 aliphatic carbocycles. The predicted octanol–water partition coefficient (Wildman–Crippen LogP) is 1.62. The SMILES string of the molecule is CSCCCNCc1ccc(C(=O)O)cn1. The maximum Gasteiger partial charge on any atom is 0.337 e. The van der Waals surface area contributed by atoms with E-state index in [4.69, 9.17) is 5.11 Å². The topological polar surface area (TPSA) is 62.2 Å². The lowest BCUT2D eigenvalue weighted by Gasteiger charge is -2.03. The zero-order valence-electron chi connectivity index (χ0n) is 9.27. The molecule has 0 radical (unpaired) electrons. The highest BCUT2D eigenvalue weighted by Gasteiger charge is 2.02. The maximum absolute atomic E-state index is 10.6. The number of carboxylic acids is 1. The van der Waals surface area contributed by atoms with Crippen LogP contribution in [0.15, 0.2) is 18.3 Å². The average Bonchev–Trinajstić information content (AvgIpc) is 2.29. The van der Waals surface area contributed by atoms with Crippen molar-refractivity contribution < 1.29 is 9.90 Å². The Hall–Kier alpha value is -1.07. The number of aromatic carboxylic acids is 1. The van der Waals surface area contributed by atoms with E-state index in [1.807, 2.05) is 11.8 Å². The first kappa shape index (κ1) is 13.0. The van der Waals surface area contributed by atoms with Gasteiger partial charge in [0.25, 0.3) is 0 Å². The molecule has 0 aliphatic heterocycles. The number of rotatable bonds is 7. The molecular weight excluding hydrogens is 224 g/mol. The highest BCUT2D eigenvalue weighted by atomic mass is 32.2. The molecule has 1 rings (SSSR count). The van der Waals surface area contributed by atoms with Gasteiger partial charge in [0.15, 0.2) is 0 Å². The Balaban J connectivity index is 2.29. The van der Waals surface area contributed by atoms with Crippen LogP contribution in [0.25, 0.3) is 0 Å². The van der Waals surface area contributed by atoms with Crippen LogP contribution in [-0.4, -0.2) is 34.6 Å². The Morgan fingerprint density at radius 2 is 2.38 bits per heavy atom. The predicted molar refractivity (Wildman–Crippen MR) is 65.9 cm³/mol. The fourth-order valence-corrected chi connectivity index (χ4v) is 1.65. The summed E-state index contributed by atoms with van der Waals surface area (Å²) in [6.07, 6.45) is 4.61. The molecule has 0 amide bonds. The van der Waals surface area contributed by atoms with Crippen LogP contribution in [0.5, 0.6) is 0 Å². The van der Waals surface area contributed by atoms with Crippen molar-refractivity contribution in [3.63, 3.8) is 0 Å². The first-order valence-electron chi connectivity index (χ1n) is 5.12. The monoisotopic (exact) mass is 240 g/mol. The highest BCUT2D eigenvalue weighted by Crippen LogP contribution is 2.00. The average molecular weight is 240 g/mol. The smallest absolute Gasteiger partial charge is 0.337 e. The quantitative estimate of drug-likeness (QED) is 0.709. The summed E-state index contributed by atoms with van der Waals surface area (Å²) in [6, 6.07) is 3.32. The number of aromatic nitrogens is 1. The molecule has 4 nitrogen and oxygen atoms in total. The van der Waals surface area contributed by atoms with Gasteiger partial charge in [0.2, 0.25) is 0 Å². The molecule has 0 fully saturated rings. The number of nitrogens with zero attached hydrogens (tertiary/aromatic N) is 1. The van der Waals surface area contributed by atoms with Crippen LogP contribution in [0.4, 0.5) is 0 Å². The van der Waals surface area contributed by atoms with Gasteiger partial charge in [-0.2, -0.15) is 11.8 Å². The first-order chi connectivity index (χ1) is 7.74. The van der Waals surface area contributed by atoms with Crippen molar-refractivity contribution in [1.82, 2.24) is 10.3 Å². The van der Waals surface area contributed by atoms with Gasteiger partial charge >= 0.3 is 5.97 Å². The highest BCUT2D eigenvalue weighted by molar-refractivity contribution is 7.98. The van der Waals surface area contributed by atoms with E-state index in [2.05, 4.69) is 16.6 Å². The molecule has 0 unspecified atom stereocenters. The summed E-state index contributed by atoms with van der Waals surface area (Å²) in [5.41, 5.74) is 1.10. The molecule has 0 saturated heterocycles. The summed E-state index contributed by atoms with van der Waals surface area (Å²) in [5.74, 6) is 0.213.